The third-order valence-corrected chi connectivity index (χ3v) is 3.36. The van der Waals surface area contributed by atoms with Crippen molar-refractivity contribution in [1.29, 1.82) is 0 Å². The molecule has 1 heterocycles. The predicted octanol–water partition coefficient (Wildman–Crippen LogP) is 4.14. The summed E-state index contributed by atoms with van der Waals surface area (Å²) >= 11 is 0. The molecule has 5 heteroatoms. The Hall–Kier alpha value is -2.30. The molecule has 0 fully saturated rings. The summed E-state index contributed by atoms with van der Waals surface area (Å²) in [7, 11) is 0. The Kier molecular flexibility index (Phi) is 3.64. The maximum atomic E-state index is 12.1. The normalized spacial score (nSPS) is 16.9. The molecule has 110 valence electrons. The van der Waals surface area contributed by atoms with E-state index in [-0.39, 0.29) is 11.9 Å². The van der Waals surface area contributed by atoms with Gasteiger partial charge in [0.15, 0.2) is 0 Å². The molecule has 2 aromatic carbocycles. The second kappa shape index (κ2) is 5.60. The standard InChI is InChI=1S/C16H15F2NO2/c1-10-2-7-14-13(8-10)19-9-15(21-14)11-3-5-12(6-4-11)20-16(17)18/h2-8,15-16,19H,9H2,1H3. The molecule has 0 aliphatic carbocycles. The summed E-state index contributed by atoms with van der Waals surface area (Å²) in [5.74, 6) is 0.943. The van der Waals surface area contributed by atoms with E-state index >= 15 is 0 Å². The number of ether oxygens (including phenoxy) is 2. The Morgan fingerprint density at radius 2 is 1.95 bits per heavy atom. The zero-order valence-corrected chi connectivity index (χ0v) is 11.5. The van der Waals surface area contributed by atoms with Crippen molar-refractivity contribution in [3.05, 3.63) is 53.6 Å². The lowest BCUT2D eigenvalue weighted by Crippen LogP contribution is -2.23. The molecule has 3 nitrogen and oxygen atoms in total. The molecule has 1 aliphatic rings. The minimum atomic E-state index is -2.81. The van der Waals surface area contributed by atoms with Crippen LogP contribution >= 0.6 is 0 Å². The zero-order valence-electron chi connectivity index (χ0n) is 11.5. The van der Waals surface area contributed by atoms with Gasteiger partial charge in [0, 0.05) is 0 Å². The summed E-state index contributed by atoms with van der Waals surface area (Å²) in [6, 6.07) is 12.5. The third-order valence-electron chi connectivity index (χ3n) is 3.36. The number of hydrogen-bond donors (Lipinski definition) is 1. The van der Waals surface area contributed by atoms with Gasteiger partial charge in [-0.3, -0.25) is 0 Å². The van der Waals surface area contributed by atoms with Gasteiger partial charge < -0.3 is 14.8 Å². The van der Waals surface area contributed by atoms with Crippen LogP contribution in [0.5, 0.6) is 11.5 Å². The van der Waals surface area contributed by atoms with Gasteiger partial charge in [0.1, 0.15) is 17.6 Å². The van der Waals surface area contributed by atoms with Crippen LogP contribution < -0.4 is 14.8 Å². The molecule has 1 unspecified atom stereocenters. The van der Waals surface area contributed by atoms with Crippen molar-refractivity contribution in [3.8, 4) is 11.5 Å². The number of halogens is 2. The zero-order chi connectivity index (χ0) is 14.8. The predicted molar refractivity (Wildman–Crippen MR) is 76.1 cm³/mol. The molecule has 0 saturated heterocycles. The summed E-state index contributed by atoms with van der Waals surface area (Å²) < 4.78 is 34.5. The summed E-state index contributed by atoms with van der Waals surface area (Å²) in [6.07, 6.45) is -0.152. The topological polar surface area (TPSA) is 30.5 Å². The maximum absolute atomic E-state index is 12.1. The number of alkyl halides is 2. The second-order valence-corrected chi connectivity index (χ2v) is 4.93. The summed E-state index contributed by atoms with van der Waals surface area (Å²) in [6.45, 7) is -0.153. The SMILES string of the molecule is Cc1ccc2c(c1)NCC(c1ccc(OC(F)F)cc1)O2. The number of nitrogens with one attached hydrogen (secondary N) is 1. The molecule has 0 bridgehead atoms. The van der Waals surface area contributed by atoms with E-state index in [1.165, 1.54) is 12.1 Å². The first-order valence-corrected chi connectivity index (χ1v) is 6.68. The molecule has 0 saturated carbocycles. The number of rotatable bonds is 3. The lowest BCUT2D eigenvalue weighted by atomic mass is 10.1. The number of fused-ring (bicyclic) bond motifs is 1. The van der Waals surface area contributed by atoms with Crippen LogP contribution in [-0.2, 0) is 0 Å². The fraction of sp³-hybridized carbons (Fsp3) is 0.250. The van der Waals surface area contributed by atoms with Crippen molar-refractivity contribution in [2.45, 2.75) is 19.6 Å². The Balaban J connectivity index is 1.75. The van der Waals surface area contributed by atoms with Gasteiger partial charge >= 0.3 is 6.61 Å². The van der Waals surface area contributed by atoms with Gasteiger partial charge in [0.25, 0.3) is 0 Å². The molecule has 0 aromatic heterocycles. The van der Waals surface area contributed by atoms with Gasteiger partial charge in [-0.15, -0.1) is 0 Å². The first-order chi connectivity index (χ1) is 10.1. The summed E-state index contributed by atoms with van der Waals surface area (Å²) in [5, 5.41) is 3.32. The number of benzene rings is 2. The highest BCUT2D eigenvalue weighted by atomic mass is 19.3. The van der Waals surface area contributed by atoms with Crippen LogP contribution in [0.15, 0.2) is 42.5 Å². The molecule has 1 atom stereocenters. The van der Waals surface area contributed by atoms with Gasteiger partial charge in [-0.25, -0.2) is 0 Å². The highest BCUT2D eigenvalue weighted by Gasteiger charge is 2.21. The molecule has 2 aromatic rings. The lowest BCUT2D eigenvalue weighted by molar-refractivity contribution is -0.0498. The minimum Gasteiger partial charge on any atom is -0.482 e. The average molecular weight is 291 g/mol. The minimum absolute atomic E-state index is 0.147. The molecule has 0 radical (unpaired) electrons. The summed E-state index contributed by atoms with van der Waals surface area (Å²) in [5.41, 5.74) is 3.05. The number of anilines is 1. The number of hydrogen-bond acceptors (Lipinski definition) is 3. The van der Waals surface area contributed by atoms with E-state index in [0.29, 0.717) is 6.54 Å². The van der Waals surface area contributed by atoms with Gasteiger partial charge in [-0.1, -0.05) is 18.2 Å². The Labute approximate surface area is 121 Å². The second-order valence-electron chi connectivity index (χ2n) is 4.93. The Morgan fingerprint density at radius 1 is 1.19 bits per heavy atom. The third kappa shape index (κ3) is 3.07. The summed E-state index contributed by atoms with van der Waals surface area (Å²) in [4.78, 5) is 0. The van der Waals surface area contributed by atoms with Crippen LogP contribution in [0.1, 0.15) is 17.2 Å². The van der Waals surface area contributed by atoms with Crippen molar-refractivity contribution >= 4 is 5.69 Å². The highest BCUT2D eigenvalue weighted by Crippen LogP contribution is 2.35. The van der Waals surface area contributed by atoms with Crippen LogP contribution in [0.3, 0.4) is 0 Å². The monoisotopic (exact) mass is 291 g/mol. The highest BCUT2D eigenvalue weighted by molar-refractivity contribution is 5.59. The average Bonchev–Trinajstić information content (AvgIpc) is 2.47. The van der Waals surface area contributed by atoms with Crippen LogP contribution in [0, 0.1) is 6.92 Å². The van der Waals surface area contributed by atoms with Crippen molar-refractivity contribution < 1.29 is 18.3 Å². The Morgan fingerprint density at radius 3 is 2.67 bits per heavy atom. The van der Waals surface area contributed by atoms with Crippen molar-refractivity contribution in [2.75, 3.05) is 11.9 Å². The van der Waals surface area contributed by atoms with E-state index in [1.54, 1.807) is 12.1 Å². The lowest BCUT2D eigenvalue weighted by Gasteiger charge is -2.28. The van der Waals surface area contributed by atoms with E-state index in [9.17, 15) is 8.78 Å². The maximum Gasteiger partial charge on any atom is 0.387 e. The van der Waals surface area contributed by atoms with Gasteiger partial charge in [-0.2, -0.15) is 8.78 Å². The Bertz CT molecular complexity index is 629. The quantitative estimate of drug-likeness (QED) is 0.921. The van der Waals surface area contributed by atoms with Crippen molar-refractivity contribution in [1.82, 2.24) is 0 Å². The molecule has 0 spiro atoms. The smallest absolute Gasteiger partial charge is 0.387 e. The first-order valence-electron chi connectivity index (χ1n) is 6.68. The molecule has 1 aliphatic heterocycles. The van der Waals surface area contributed by atoms with Gasteiger partial charge in [-0.05, 0) is 42.3 Å². The molecule has 1 N–H and O–H groups in total. The fourth-order valence-electron chi connectivity index (χ4n) is 2.33. The van der Waals surface area contributed by atoms with Crippen LogP contribution in [0.4, 0.5) is 14.5 Å². The molecular weight excluding hydrogens is 276 g/mol. The largest absolute Gasteiger partial charge is 0.482 e. The van der Waals surface area contributed by atoms with Crippen molar-refractivity contribution in [2.24, 2.45) is 0 Å². The van der Waals surface area contributed by atoms with E-state index in [0.717, 1.165) is 22.6 Å². The van der Waals surface area contributed by atoms with Crippen LogP contribution in [-0.4, -0.2) is 13.2 Å². The molecular formula is C16H15F2NO2. The van der Waals surface area contributed by atoms with Gasteiger partial charge in [0.05, 0.1) is 12.2 Å². The van der Waals surface area contributed by atoms with E-state index in [4.69, 9.17) is 4.74 Å². The molecule has 21 heavy (non-hydrogen) atoms. The van der Waals surface area contributed by atoms with E-state index in [1.807, 2.05) is 25.1 Å². The van der Waals surface area contributed by atoms with Crippen molar-refractivity contribution in [3.63, 3.8) is 0 Å². The van der Waals surface area contributed by atoms with E-state index < -0.39 is 6.61 Å². The van der Waals surface area contributed by atoms with Gasteiger partial charge in [0.2, 0.25) is 0 Å². The van der Waals surface area contributed by atoms with Crippen LogP contribution in [0.25, 0.3) is 0 Å². The van der Waals surface area contributed by atoms with E-state index in [2.05, 4.69) is 10.1 Å². The molecule has 3 rings (SSSR count). The number of aryl methyl sites for hydroxylation is 1. The molecule has 0 amide bonds. The van der Waals surface area contributed by atoms with Crippen LogP contribution in [0.2, 0.25) is 0 Å². The first kappa shape index (κ1) is 13.7. The fourth-order valence-corrected chi connectivity index (χ4v) is 2.33.